The van der Waals surface area contributed by atoms with E-state index in [0.717, 1.165) is 43.9 Å². The van der Waals surface area contributed by atoms with Gasteiger partial charge in [-0.2, -0.15) is 5.10 Å². The number of hydrogen-bond acceptors (Lipinski definition) is 7. The Balaban J connectivity index is 1.40. The summed E-state index contributed by atoms with van der Waals surface area (Å²) in [4.78, 5) is 13.0. The van der Waals surface area contributed by atoms with Gasteiger partial charge in [0.2, 0.25) is 0 Å². The first-order chi connectivity index (χ1) is 15.0. The lowest BCUT2D eigenvalue weighted by Gasteiger charge is -2.33. The first-order valence-electron chi connectivity index (χ1n) is 9.95. The van der Waals surface area contributed by atoms with Gasteiger partial charge in [0.25, 0.3) is 0 Å². The van der Waals surface area contributed by atoms with Crippen LogP contribution < -0.4 is 15.5 Å². The number of pyridine rings is 2. The molecule has 0 atom stereocenters. The minimum atomic E-state index is -0.425. The summed E-state index contributed by atoms with van der Waals surface area (Å²) in [5.41, 5.74) is 3.80. The number of anilines is 3. The predicted molar refractivity (Wildman–Crippen MR) is 122 cm³/mol. The Labute approximate surface area is 180 Å². The molecule has 160 valence electrons. The van der Waals surface area contributed by atoms with E-state index < -0.39 is 5.82 Å². The Kier molecular flexibility index (Phi) is 5.94. The molecule has 0 spiro atoms. The van der Waals surface area contributed by atoms with Crippen LogP contribution in [0.3, 0.4) is 0 Å². The molecule has 3 aromatic heterocycles. The third-order valence-corrected chi connectivity index (χ3v) is 5.15. The quantitative estimate of drug-likeness (QED) is 0.541. The van der Waals surface area contributed by atoms with Crippen molar-refractivity contribution in [3.63, 3.8) is 0 Å². The molecule has 8 nitrogen and oxygen atoms in total. The molecule has 0 bridgehead atoms. The summed E-state index contributed by atoms with van der Waals surface area (Å²) in [7, 11) is 2.13. The lowest BCUT2D eigenvalue weighted by Crippen LogP contribution is -2.44. The third-order valence-electron chi connectivity index (χ3n) is 5.15. The van der Waals surface area contributed by atoms with Crippen molar-refractivity contribution in [2.24, 2.45) is 0 Å². The van der Waals surface area contributed by atoms with E-state index in [4.69, 9.17) is 0 Å². The van der Waals surface area contributed by atoms with Gasteiger partial charge < -0.3 is 20.4 Å². The van der Waals surface area contributed by atoms with Crippen LogP contribution in [0.15, 0.2) is 56.1 Å². The van der Waals surface area contributed by atoms with Gasteiger partial charge in [0.1, 0.15) is 17.3 Å². The zero-order valence-electron chi connectivity index (χ0n) is 17.4. The number of nitrogens with one attached hydrogen (secondary N) is 3. The predicted octanol–water partition coefficient (Wildman–Crippen LogP) is 3.26. The van der Waals surface area contributed by atoms with Gasteiger partial charge in [-0.3, -0.25) is 10.1 Å². The average Bonchev–Trinajstić information content (AvgIpc) is 3.23. The fourth-order valence-electron chi connectivity index (χ4n) is 3.34. The molecule has 9 heteroatoms. The first kappa shape index (κ1) is 20.5. The summed E-state index contributed by atoms with van der Waals surface area (Å²) >= 11 is 0. The van der Waals surface area contributed by atoms with Crippen molar-refractivity contribution in [1.82, 2.24) is 25.1 Å². The average molecular weight is 420 g/mol. The Bertz CT molecular complexity index is 1070. The summed E-state index contributed by atoms with van der Waals surface area (Å²) in [5.74, 6) is 0.541. The monoisotopic (exact) mass is 420 g/mol. The van der Waals surface area contributed by atoms with Gasteiger partial charge in [-0.25, -0.2) is 9.37 Å². The van der Waals surface area contributed by atoms with Gasteiger partial charge in [-0.15, -0.1) is 0 Å². The molecule has 1 aliphatic rings. The lowest BCUT2D eigenvalue weighted by atomic mass is 10.2. The number of hydrogen-bond donors (Lipinski definition) is 3. The fraction of sp³-hybridized carbons (Fsp3) is 0.227. The summed E-state index contributed by atoms with van der Waals surface area (Å²) < 4.78 is 13.4. The Hall–Kier alpha value is -3.72. The van der Waals surface area contributed by atoms with Crippen molar-refractivity contribution < 1.29 is 4.39 Å². The standard InChI is InChI=1S/C22H25FN8/c1-15(17-10-18(23)12-24-11-17)28-20-14-26-29-22(20)16(2)27-19-4-5-21(25-13-19)31-8-6-30(3)7-9-31/h4-5,10-14,27-28H,1-2,6-9H2,3H3,(H,26,29). The number of nitrogens with zero attached hydrogens (tertiary/aromatic N) is 5. The van der Waals surface area contributed by atoms with E-state index in [-0.39, 0.29) is 0 Å². The molecule has 0 radical (unpaired) electrons. The molecule has 0 amide bonds. The molecular weight excluding hydrogens is 395 g/mol. The van der Waals surface area contributed by atoms with E-state index in [1.165, 1.54) is 6.07 Å². The second-order valence-corrected chi connectivity index (χ2v) is 7.45. The second kappa shape index (κ2) is 8.97. The molecule has 0 aliphatic carbocycles. The van der Waals surface area contributed by atoms with Crippen LogP contribution in [0.2, 0.25) is 0 Å². The molecule has 0 unspecified atom stereocenters. The molecule has 1 aliphatic heterocycles. The maximum atomic E-state index is 13.4. The summed E-state index contributed by atoms with van der Waals surface area (Å²) in [6.45, 7) is 12.1. The highest BCUT2D eigenvalue weighted by atomic mass is 19.1. The van der Waals surface area contributed by atoms with Crippen molar-refractivity contribution >= 4 is 28.6 Å². The van der Waals surface area contributed by atoms with Crippen LogP contribution in [-0.4, -0.2) is 58.3 Å². The maximum Gasteiger partial charge on any atom is 0.142 e. The van der Waals surface area contributed by atoms with Crippen molar-refractivity contribution in [3.05, 3.63) is 73.2 Å². The molecular formula is C22H25FN8. The number of piperazine rings is 1. The summed E-state index contributed by atoms with van der Waals surface area (Å²) in [6, 6.07) is 5.35. The molecule has 4 heterocycles. The number of H-pyrrole nitrogens is 1. The van der Waals surface area contributed by atoms with Crippen LogP contribution in [0.25, 0.3) is 11.4 Å². The van der Waals surface area contributed by atoms with Gasteiger partial charge in [0.05, 0.1) is 35.7 Å². The van der Waals surface area contributed by atoms with Gasteiger partial charge in [0.15, 0.2) is 0 Å². The van der Waals surface area contributed by atoms with Crippen molar-refractivity contribution in [1.29, 1.82) is 0 Å². The number of aromatic nitrogens is 4. The van der Waals surface area contributed by atoms with E-state index in [1.807, 2.05) is 12.1 Å². The first-order valence-corrected chi connectivity index (χ1v) is 9.95. The zero-order chi connectivity index (χ0) is 21.8. The van der Waals surface area contributed by atoms with Crippen molar-refractivity contribution in [2.45, 2.75) is 0 Å². The van der Waals surface area contributed by atoms with Crippen LogP contribution in [-0.2, 0) is 0 Å². The smallest absolute Gasteiger partial charge is 0.142 e. The summed E-state index contributed by atoms with van der Waals surface area (Å²) in [6.07, 6.45) is 6.10. The second-order valence-electron chi connectivity index (χ2n) is 7.45. The molecule has 0 aromatic carbocycles. The van der Waals surface area contributed by atoms with Crippen molar-refractivity contribution in [3.8, 4) is 0 Å². The minimum Gasteiger partial charge on any atom is -0.354 e. The van der Waals surface area contributed by atoms with Gasteiger partial charge >= 0.3 is 0 Å². The molecule has 1 fully saturated rings. The zero-order valence-corrected chi connectivity index (χ0v) is 17.4. The van der Waals surface area contributed by atoms with Gasteiger partial charge in [-0.05, 0) is 25.2 Å². The van der Waals surface area contributed by atoms with E-state index in [9.17, 15) is 4.39 Å². The van der Waals surface area contributed by atoms with E-state index in [2.05, 4.69) is 60.8 Å². The SMILES string of the molecule is C=C(Nc1cn[nH]c1C(=C)Nc1ccc(N2CCN(C)CC2)nc1)c1cncc(F)c1. The van der Waals surface area contributed by atoms with Crippen LogP contribution in [0.5, 0.6) is 0 Å². The molecule has 4 rings (SSSR count). The molecule has 3 N–H and O–H groups in total. The molecule has 3 aromatic rings. The van der Waals surface area contributed by atoms with Gasteiger partial charge in [-0.1, -0.05) is 13.2 Å². The topological polar surface area (TPSA) is 85.0 Å². The van der Waals surface area contributed by atoms with E-state index in [1.54, 1.807) is 18.6 Å². The number of rotatable bonds is 7. The van der Waals surface area contributed by atoms with Gasteiger partial charge in [0, 0.05) is 43.6 Å². The number of aromatic amines is 1. The third kappa shape index (κ3) is 4.89. The fourth-order valence-corrected chi connectivity index (χ4v) is 3.34. The number of likely N-dealkylation sites (N-methyl/N-ethyl adjacent to an activating group) is 1. The van der Waals surface area contributed by atoms with Crippen LogP contribution >= 0.6 is 0 Å². The lowest BCUT2D eigenvalue weighted by molar-refractivity contribution is 0.312. The Morgan fingerprint density at radius 2 is 1.84 bits per heavy atom. The largest absolute Gasteiger partial charge is 0.354 e. The Morgan fingerprint density at radius 1 is 1.03 bits per heavy atom. The Morgan fingerprint density at radius 3 is 2.55 bits per heavy atom. The molecule has 0 saturated carbocycles. The summed E-state index contributed by atoms with van der Waals surface area (Å²) in [5, 5.41) is 13.4. The van der Waals surface area contributed by atoms with E-state index >= 15 is 0 Å². The minimum absolute atomic E-state index is 0.425. The highest BCUT2D eigenvalue weighted by Gasteiger charge is 2.15. The van der Waals surface area contributed by atoms with E-state index in [0.29, 0.717) is 28.3 Å². The highest BCUT2D eigenvalue weighted by molar-refractivity contribution is 5.84. The van der Waals surface area contributed by atoms with Crippen LogP contribution in [0.4, 0.5) is 21.6 Å². The maximum absolute atomic E-state index is 13.4. The highest BCUT2D eigenvalue weighted by Crippen LogP contribution is 2.25. The molecule has 1 saturated heterocycles. The number of halogens is 1. The van der Waals surface area contributed by atoms with Crippen LogP contribution in [0, 0.1) is 5.82 Å². The normalized spacial score (nSPS) is 14.3. The van der Waals surface area contributed by atoms with Crippen molar-refractivity contribution in [2.75, 3.05) is 48.8 Å². The molecule has 31 heavy (non-hydrogen) atoms. The van der Waals surface area contributed by atoms with Crippen LogP contribution in [0.1, 0.15) is 11.3 Å².